The van der Waals surface area contributed by atoms with E-state index in [-0.39, 0.29) is 10.6 Å². The summed E-state index contributed by atoms with van der Waals surface area (Å²) in [5, 5.41) is 0. The molecule has 2 aromatic rings. The first kappa shape index (κ1) is 16.2. The SMILES string of the molecule is Cc1ccc(S(=O)(=O)Nc2ccc(C(F)(F)F)cc2)cc1N. The number of nitrogens with two attached hydrogens (primary N) is 1. The Kier molecular flexibility index (Phi) is 4.06. The lowest BCUT2D eigenvalue weighted by Gasteiger charge is -2.11. The van der Waals surface area contributed by atoms with Crippen molar-refractivity contribution in [2.75, 3.05) is 10.5 Å². The Balaban J connectivity index is 2.27. The monoisotopic (exact) mass is 330 g/mol. The maximum atomic E-state index is 12.5. The second-order valence-electron chi connectivity index (χ2n) is 4.70. The molecule has 0 spiro atoms. The molecule has 22 heavy (non-hydrogen) atoms. The number of hydrogen-bond donors (Lipinski definition) is 2. The Morgan fingerprint density at radius 1 is 1.05 bits per heavy atom. The summed E-state index contributed by atoms with van der Waals surface area (Å²) in [6, 6.07) is 7.94. The molecule has 0 heterocycles. The zero-order valence-electron chi connectivity index (χ0n) is 11.5. The van der Waals surface area contributed by atoms with Gasteiger partial charge in [0.1, 0.15) is 0 Å². The lowest BCUT2D eigenvalue weighted by atomic mass is 10.2. The fourth-order valence-electron chi connectivity index (χ4n) is 1.73. The molecule has 2 aromatic carbocycles. The van der Waals surface area contributed by atoms with Gasteiger partial charge in [-0.2, -0.15) is 13.2 Å². The molecule has 0 aliphatic rings. The fourth-order valence-corrected chi connectivity index (χ4v) is 2.82. The van der Waals surface area contributed by atoms with Crippen LogP contribution in [0.15, 0.2) is 47.4 Å². The van der Waals surface area contributed by atoms with Crippen LogP contribution in [0, 0.1) is 6.92 Å². The number of aryl methyl sites for hydroxylation is 1. The Hall–Kier alpha value is -2.22. The third-order valence-electron chi connectivity index (χ3n) is 3.03. The predicted octanol–water partition coefficient (Wildman–Crippen LogP) is 3.40. The molecule has 4 nitrogen and oxygen atoms in total. The first-order valence-corrected chi connectivity index (χ1v) is 7.64. The molecule has 0 bridgehead atoms. The van der Waals surface area contributed by atoms with Gasteiger partial charge in [0, 0.05) is 11.4 Å². The van der Waals surface area contributed by atoms with Crippen LogP contribution in [0.4, 0.5) is 24.5 Å². The molecule has 0 radical (unpaired) electrons. The molecule has 0 fully saturated rings. The van der Waals surface area contributed by atoms with Gasteiger partial charge in [0.25, 0.3) is 10.0 Å². The Morgan fingerprint density at radius 3 is 2.14 bits per heavy atom. The van der Waals surface area contributed by atoms with Gasteiger partial charge < -0.3 is 5.73 Å². The number of anilines is 2. The highest BCUT2D eigenvalue weighted by atomic mass is 32.2. The van der Waals surface area contributed by atoms with Gasteiger partial charge in [-0.3, -0.25) is 4.72 Å². The van der Waals surface area contributed by atoms with E-state index in [9.17, 15) is 21.6 Å². The molecule has 0 aliphatic heterocycles. The van der Waals surface area contributed by atoms with Crippen LogP contribution in [0.1, 0.15) is 11.1 Å². The van der Waals surface area contributed by atoms with Gasteiger partial charge in [0.15, 0.2) is 0 Å². The molecule has 0 aromatic heterocycles. The molecule has 0 atom stereocenters. The summed E-state index contributed by atoms with van der Waals surface area (Å²) in [5.74, 6) is 0. The second kappa shape index (κ2) is 5.53. The van der Waals surface area contributed by atoms with Crippen LogP contribution in [-0.2, 0) is 16.2 Å². The smallest absolute Gasteiger partial charge is 0.398 e. The first-order chi connectivity index (χ1) is 10.1. The van der Waals surface area contributed by atoms with Crippen LogP contribution in [0.5, 0.6) is 0 Å². The third kappa shape index (κ3) is 3.51. The zero-order valence-corrected chi connectivity index (χ0v) is 12.3. The number of halogens is 3. The minimum atomic E-state index is -4.47. The largest absolute Gasteiger partial charge is 0.416 e. The van der Waals surface area contributed by atoms with Gasteiger partial charge in [-0.05, 0) is 48.9 Å². The maximum absolute atomic E-state index is 12.5. The molecule has 3 N–H and O–H groups in total. The number of nitrogen functional groups attached to an aromatic ring is 1. The molecule has 0 saturated heterocycles. The van der Waals surface area contributed by atoms with Crippen molar-refractivity contribution in [3.05, 3.63) is 53.6 Å². The first-order valence-electron chi connectivity index (χ1n) is 6.16. The van der Waals surface area contributed by atoms with E-state index in [2.05, 4.69) is 4.72 Å². The summed E-state index contributed by atoms with van der Waals surface area (Å²) >= 11 is 0. The quantitative estimate of drug-likeness (QED) is 0.847. The molecule has 118 valence electrons. The molecular weight excluding hydrogens is 317 g/mol. The van der Waals surface area contributed by atoms with E-state index in [0.29, 0.717) is 5.69 Å². The van der Waals surface area contributed by atoms with Crippen molar-refractivity contribution in [2.45, 2.75) is 18.0 Å². The molecule has 2 rings (SSSR count). The molecule has 0 amide bonds. The average Bonchev–Trinajstić information content (AvgIpc) is 2.41. The standard InChI is InChI=1S/C14H13F3N2O2S/c1-9-2-7-12(8-13(9)18)22(20,21)19-11-5-3-10(4-6-11)14(15,16)17/h2-8,19H,18H2,1H3. The van der Waals surface area contributed by atoms with E-state index in [4.69, 9.17) is 5.73 Å². The lowest BCUT2D eigenvalue weighted by Crippen LogP contribution is -2.14. The van der Waals surface area contributed by atoms with Gasteiger partial charge in [-0.25, -0.2) is 8.42 Å². The highest BCUT2D eigenvalue weighted by Crippen LogP contribution is 2.30. The second-order valence-corrected chi connectivity index (χ2v) is 6.38. The van der Waals surface area contributed by atoms with Gasteiger partial charge in [-0.1, -0.05) is 6.07 Å². The number of rotatable bonds is 3. The van der Waals surface area contributed by atoms with Crippen molar-refractivity contribution in [1.82, 2.24) is 0 Å². The van der Waals surface area contributed by atoms with Gasteiger partial charge in [0.2, 0.25) is 0 Å². The third-order valence-corrected chi connectivity index (χ3v) is 4.40. The average molecular weight is 330 g/mol. The topological polar surface area (TPSA) is 72.2 Å². The van der Waals surface area contributed by atoms with E-state index in [1.54, 1.807) is 13.0 Å². The van der Waals surface area contributed by atoms with Crippen LogP contribution in [0.3, 0.4) is 0 Å². The van der Waals surface area contributed by atoms with Gasteiger partial charge in [-0.15, -0.1) is 0 Å². The van der Waals surface area contributed by atoms with Crippen molar-refractivity contribution in [2.24, 2.45) is 0 Å². The van der Waals surface area contributed by atoms with E-state index in [1.165, 1.54) is 12.1 Å². The Labute approximate surface area is 125 Å². The summed E-state index contributed by atoms with van der Waals surface area (Å²) in [7, 11) is -3.91. The summed E-state index contributed by atoms with van der Waals surface area (Å²) < 4.78 is 63.9. The number of sulfonamides is 1. The molecule has 0 saturated carbocycles. The Morgan fingerprint density at radius 2 is 1.64 bits per heavy atom. The van der Waals surface area contributed by atoms with Gasteiger partial charge in [0.05, 0.1) is 10.5 Å². The normalized spacial score (nSPS) is 12.2. The predicted molar refractivity (Wildman–Crippen MR) is 77.8 cm³/mol. The molecule has 8 heteroatoms. The molecule has 0 aliphatic carbocycles. The van der Waals surface area contributed by atoms with E-state index in [1.807, 2.05) is 0 Å². The minimum Gasteiger partial charge on any atom is -0.398 e. The molecular formula is C14H13F3N2O2S. The number of benzene rings is 2. The number of nitrogens with one attached hydrogen (secondary N) is 1. The number of alkyl halides is 3. The zero-order chi connectivity index (χ0) is 16.5. The van der Waals surface area contributed by atoms with Crippen LogP contribution >= 0.6 is 0 Å². The number of hydrogen-bond acceptors (Lipinski definition) is 3. The summed E-state index contributed by atoms with van der Waals surface area (Å²) in [6.07, 6.45) is -4.47. The maximum Gasteiger partial charge on any atom is 0.416 e. The van der Waals surface area contributed by atoms with Crippen molar-refractivity contribution in [3.63, 3.8) is 0 Å². The van der Waals surface area contributed by atoms with Gasteiger partial charge >= 0.3 is 6.18 Å². The van der Waals surface area contributed by atoms with Crippen LogP contribution < -0.4 is 10.5 Å². The minimum absolute atomic E-state index is 0.0344. The van der Waals surface area contributed by atoms with E-state index < -0.39 is 21.8 Å². The highest BCUT2D eigenvalue weighted by molar-refractivity contribution is 7.92. The van der Waals surface area contributed by atoms with Crippen molar-refractivity contribution < 1.29 is 21.6 Å². The summed E-state index contributed by atoms with van der Waals surface area (Å²) in [4.78, 5) is -0.0597. The van der Waals surface area contributed by atoms with E-state index >= 15 is 0 Å². The molecule has 0 unspecified atom stereocenters. The summed E-state index contributed by atoms with van der Waals surface area (Å²) in [6.45, 7) is 1.73. The Bertz CT molecular complexity index is 785. The highest BCUT2D eigenvalue weighted by Gasteiger charge is 2.30. The van der Waals surface area contributed by atoms with Crippen LogP contribution in [0.25, 0.3) is 0 Å². The van der Waals surface area contributed by atoms with Crippen molar-refractivity contribution in [3.8, 4) is 0 Å². The van der Waals surface area contributed by atoms with Crippen LogP contribution in [0.2, 0.25) is 0 Å². The van der Waals surface area contributed by atoms with E-state index in [0.717, 1.165) is 29.8 Å². The van der Waals surface area contributed by atoms with Crippen molar-refractivity contribution in [1.29, 1.82) is 0 Å². The van der Waals surface area contributed by atoms with Crippen molar-refractivity contribution >= 4 is 21.4 Å². The summed E-state index contributed by atoms with van der Waals surface area (Å²) in [5.41, 5.74) is 5.89. The fraction of sp³-hybridized carbons (Fsp3) is 0.143. The lowest BCUT2D eigenvalue weighted by molar-refractivity contribution is -0.137. The van der Waals surface area contributed by atoms with Crippen LogP contribution in [-0.4, -0.2) is 8.42 Å².